The molecule has 1 aliphatic carbocycles. The Morgan fingerprint density at radius 3 is 2.77 bits per heavy atom. The molecule has 1 aliphatic heterocycles. The molecule has 5 heteroatoms. The molecule has 22 heavy (non-hydrogen) atoms. The fourth-order valence-electron chi connectivity index (χ4n) is 3.35. The molecule has 0 spiro atoms. The highest BCUT2D eigenvalue weighted by atomic mass is 16.3. The van der Waals surface area contributed by atoms with E-state index in [2.05, 4.69) is 17.3 Å². The van der Waals surface area contributed by atoms with Crippen molar-refractivity contribution in [1.29, 1.82) is 0 Å². The van der Waals surface area contributed by atoms with Gasteiger partial charge in [0.25, 0.3) is 0 Å². The number of imide groups is 1. The predicted octanol–water partition coefficient (Wildman–Crippen LogP) is 1.41. The van der Waals surface area contributed by atoms with Crippen molar-refractivity contribution in [3.8, 4) is 0 Å². The van der Waals surface area contributed by atoms with Gasteiger partial charge in [-0.25, -0.2) is 0 Å². The fraction of sp³-hybridized carbons (Fsp3) is 0.529. The number of anilines is 1. The molecule has 0 radical (unpaired) electrons. The molecular formula is C17H22N2O3. The highest BCUT2D eigenvalue weighted by Gasteiger charge is 2.32. The molecule has 5 nitrogen and oxygen atoms in total. The molecule has 1 heterocycles. The number of aliphatic hydroxyl groups excluding tert-OH is 1. The monoisotopic (exact) mass is 302 g/mol. The zero-order chi connectivity index (χ0) is 15.7. The third-order valence-corrected chi connectivity index (χ3v) is 4.94. The summed E-state index contributed by atoms with van der Waals surface area (Å²) in [6.45, 7) is 0.265. The SMILES string of the molecule is CN(c1cccc(C2CCC(=O)NC2=O)c1)[C@H]1C[C@H](CO)C1. The molecule has 0 bridgehead atoms. The number of piperidine rings is 1. The van der Waals surface area contributed by atoms with Gasteiger partial charge in [-0.05, 0) is 42.9 Å². The van der Waals surface area contributed by atoms with Crippen LogP contribution < -0.4 is 10.2 Å². The van der Waals surface area contributed by atoms with Crippen molar-refractivity contribution in [2.45, 2.75) is 37.6 Å². The lowest BCUT2D eigenvalue weighted by atomic mass is 9.80. The summed E-state index contributed by atoms with van der Waals surface area (Å²) in [5.74, 6) is -0.192. The maximum Gasteiger partial charge on any atom is 0.234 e. The summed E-state index contributed by atoms with van der Waals surface area (Å²) in [5.41, 5.74) is 2.05. The summed E-state index contributed by atoms with van der Waals surface area (Å²) in [5, 5.41) is 11.5. The summed E-state index contributed by atoms with van der Waals surface area (Å²) in [4.78, 5) is 25.5. The van der Waals surface area contributed by atoms with Crippen LogP contribution in [0.5, 0.6) is 0 Å². The lowest BCUT2D eigenvalue weighted by molar-refractivity contribution is -0.134. The number of nitrogens with zero attached hydrogens (tertiary/aromatic N) is 1. The average Bonchev–Trinajstić information content (AvgIpc) is 2.46. The molecule has 2 aliphatic rings. The standard InChI is InChI=1S/C17H22N2O3/c1-19(14-7-11(8-14)10-20)13-4-2-3-12(9-13)15-5-6-16(21)18-17(15)22/h2-4,9,11,14-15,20H,5-8,10H2,1H3,(H,18,21,22)/t11-,14-,15?. The van der Waals surface area contributed by atoms with Gasteiger partial charge in [0, 0.05) is 31.8 Å². The minimum absolute atomic E-state index is 0.181. The Bertz CT molecular complexity index is 581. The molecule has 2 amide bonds. The second-order valence-corrected chi connectivity index (χ2v) is 6.38. The van der Waals surface area contributed by atoms with Crippen LogP contribution in [0.15, 0.2) is 24.3 Å². The lowest BCUT2D eigenvalue weighted by Gasteiger charge is -2.41. The van der Waals surface area contributed by atoms with Crippen LogP contribution in [0.1, 0.15) is 37.2 Å². The summed E-state index contributed by atoms with van der Waals surface area (Å²) >= 11 is 0. The first-order valence-electron chi connectivity index (χ1n) is 7.86. The Labute approximate surface area is 130 Å². The topological polar surface area (TPSA) is 69.6 Å². The van der Waals surface area contributed by atoms with Crippen LogP contribution >= 0.6 is 0 Å². The summed E-state index contributed by atoms with van der Waals surface area (Å²) in [6, 6.07) is 8.46. The maximum atomic E-state index is 12.0. The van der Waals surface area contributed by atoms with Gasteiger partial charge in [-0.1, -0.05) is 12.1 Å². The van der Waals surface area contributed by atoms with E-state index < -0.39 is 0 Å². The Morgan fingerprint density at radius 1 is 1.32 bits per heavy atom. The molecule has 1 saturated carbocycles. The van der Waals surface area contributed by atoms with Crippen molar-refractivity contribution in [3.05, 3.63) is 29.8 Å². The first-order chi connectivity index (χ1) is 10.6. The van der Waals surface area contributed by atoms with Crippen molar-refractivity contribution in [2.24, 2.45) is 5.92 Å². The normalized spacial score (nSPS) is 28.0. The van der Waals surface area contributed by atoms with Gasteiger partial charge in [0.2, 0.25) is 11.8 Å². The molecule has 118 valence electrons. The number of rotatable bonds is 4. The first kappa shape index (κ1) is 15.0. The minimum Gasteiger partial charge on any atom is -0.396 e. The molecule has 1 saturated heterocycles. The second kappa shape index (κ2) is 6.08. The van der Waals surface area contributed by atoms with Gasteiger partial charge in [0.15, 0.2) is 0 Å². The van der Waals surface area contributed by atoms with Gasteiger partial charge >= 0.3 is 0 Å². The number of hydrogen-bond acceptors (Lipinski definition) is 4. The van der Waals surface area contributed by atoms with E-state index in [1.807, 2.05) is 24.3 Å². The van der Waals surface area contributed by atoms with Crippen molar-refractivity contribution < 1.29 is 14.7 Å². The highest BCUT2D eigenvalue weighted by Crippen LogP contribution is 2.34. The Kier molecular flexibility index (Phi) is 4.16. The number of amides is 2. The van der Waals surface area contributed by atoms with E-state index in [1.54, 1.807) is 0 Å². The number of carbonyl (C=O) groups excluding carboxylic acids is 2. The van der Waals surface area contributed by atoms with Crippen LogP contribution in [0.4, 0.5) is 5.69 Å². The smallest absolute Gasteiger partial charge is 0.234 e. The second-order valence-electron chi connectivity index (χ2n) is 6.38. The maximum absolute atomic E-state index is 12.0. The number of carbonyl (C=O) groups is 2. The minimum atomic E-state index is -0.238. The van der Waals surface area contributed by atoms with Gasteiger partial charge in [0.1, 0.15) is 0 Å². The zero-order valence-corrected chi connectivity index (χ0v) is 12.8. The number of benzene rings is 1. The van der Waals surface area contributed by atoms with Crippen LogP contribution in [-0.2, 0) is 9.59 Å². The van der Waals surface area contributed by atoms with Crippen LogP contribution in [0.3, 0.4) is 0 Å². The number of aliphatic hydroxyl groups is 1. The summed E-state index contributed by atoms with van der Waals surface area (Å²) < 4.78 is 0. The molecule has 1 unspecified atom stereocenters. The summed E-state index contributed by atoms with van der Waals surface area (Å²) in [6.07, 6.45) is 3.00. The Balaban J connectivity index is 1.72. The van der Waals surface area contributed by atoms with E-state index in [0.29, 0.717) is 24.8 Å². The molecule has 1 aromatic rings. The molecule has 3 rings (SSSR count). The summed E-state index contributed by atoms with van der Waals surface area (Å²) in [7, 11) is 2.06. The zero-order valence-electron chi connectivity index (χ0n) is 12.8. The third kappa shape index (κ3) is 2.86. The molecule has 2 N–H and O–H groups in total. The molecule has 0 aromatic heterocycles. The van der Waals surface area contributed by atoms with Crippen LogP contribution in [0.2, 0.25) is 0 Å². The Morgan fingerprint density at radius 2 is 2.09 bits per heavy atom. The quantitative estimate of drug-likeness (QED) is 0.825. The highest BCUT2D eigenvalue weighted by molar-refractivity contribution is 6.01. The van der Waals surface area contributed by atoms with Gasteiger partial charge < -0.3 is 10.0 Å². The van der Waals surface area contributed by atoms with Gasteiger partial charge in [-0.15, -0.1) is 0 Å². The van der Waals surface area contributed by atoms with Gasteiger partial charge in [-0.2, -0.15) is 0 Å². The van der Waals surface area contributed by atoms with Crippen molar-refractivity contribution in [2.75, 3.05) is 18.6 Å². The predicted molar refractivity (Wildman–Crippen MR) is 83.6 cm³/mol. The molecule has 2 fully saturated rings. The van der Waals surface area contributed by atoms with Crippen LogP contribution in [0, 0.1) is 5.92 Å². The van der Waals surface area contributed by atoms with E-state index >= 15 is 0 Å². The third-order valence-electron chi connectivity index (χ3n) is 4.94. The number of hydrogen-bond donors (Lipinski definition) is 2. The number of nitrogens with one attached hydrogen (secondary N) is 1. The van der Waals surface area contributed by atoms with Crippen LogP contribution in [-0.4, -0.2) is 36.6 Å². The molecule has 1 atom stereocenters. The van der Waals surface area contributed by atoms with E-state index in [-0.39, 0.29) is 24.3 Å². The van der Waals surface area contributed by atoms with E-state index in [4.69, 9.17) is 5.11 Å². The fourth-order valence-corrected chi connectivity index (χ4v) is 3.35. The lowest BCUT2D eigenvalue weighted by Crippen LogP contribution is -2.44. The van der Waals surface area contributed by atoms with Crippen molar-refractivity contribution in [1.82, 2.24) is 5.32 Å². The van der Waals surface area contributed by atoms with Crippen molar-refractivity contribution >= 4 is 17.5 Å². The average molecular weight is 302 g/mol. The van der Waals surface area contributed by atoms with Gasteiger partial charge in [0.05, 0.1) is 5.92 Å². The molecular weight excluding hydrogens is 280 g/mol. The van der Waals surface area contributed by atoms with Crippen LogP contribution in [0.25, 0.3) is 0 Å². The van der Waals surface area contributed by atoms with Crippen molar-refractivity contribution in [3.63, 3.8) is 0 Å². The Hall–Kier alpha value is -1.88. The van der Waals surface area contributed by atoms with E-state index in [0.717, 1.165) is 24.1 Å². The van der Waals surface area contributed by atoms with Gasteiger partial charge in [-0.3, -0.25) is 14.9 Å². The molecule has 1 aromatic carbocycles. The van der Waals surface area contributed by atoms with E-state index in [1.165, 1.54) is 0 Å². The largest absolute Gasteiger partial charge is 0.396 e. The van der Waals surface area contributed by atoms with E-state index in [9.17, 15) is 9.59 Å². The first-order valence-corrected chi connectivity index (χ1v) is 7.86.